The Hall–Kier alpha value is -4.11. The number of nitrogens with zero attached hydrogens (tertiary/aromatic N) is 4. The van der Waals surface area contributed by atoms with Crippen molar-refractivity contribution in [3.05, 3.63) is 105 Å². The van der Waals surface area contributed by atoms with Crippen molar-refractivity contribution in [2.45, 2.75) is 26.8 Å². The van der Waals surface area contributed by atoms with Crippen LogP contribution in [0.15, 0.2) is 70.8 Å². The minimum absolute atomic E-state index is 0.0493. The van der Waals surface area contributed by atoms with Crippen LogP contribution in [0, 0.1) is 19.7 Å². The summed E-state index contributed by atoms with van der Waals surface area (Å²) in [5.74, 6) is -0.555. The number of thiazole rings is 1. The summed E-state index contributed by atoms with van der Waals surface area (Å²) >= 11 is 1.31. The zero-order chi connectivity index (χ0) is 24.5. The summed E-state index contributed by atoms with van der Waals surface area (Å²) in [5.41, 5.74) is 3.93. The van der Waals surface area contributed by atoms with Crippen molar-refractivity contribution >= 4 is 22.2 Å². The number of carbonyl (C=O) groups is 1. The molecule has 0 radical (unpaired) electrons. The van der Waals surface area contributed by atoms with Gasteiger partial charge in [-0.2, -0.15) is 5.10 Å². The molecule has 0 saturated carbocycles. The first kappa shape index (κ1) is 22.7. The molecule has 0 spiro atoms. The third-order valence-electron chi connectivity index (χ3n) is 5.69. The summed E-state index contributed by atoms with van der Waals surface area (Å²) in [7, 11) is 0. The highest BCUT2D eigenvalue weighted by Crippen LogP contribution is 2.23. The molecule has 3 heterocycles. The van der Waals surface area contributed by atoms with E-state index in [1.807, 2.05) is 37.3 Å². The normalized spacial score (nSPS) is 11.2. The van der Waals surface area contributed by atoms with E-state index in [4.69, 9.17) is 0 Å². The molecule has 5 rings (SSSR count). The van der Waals surface area contributed by atoms with Crippen LogP contribution in [-0.2, 0) is 17.8 Å². The number of hydrogen-bond donors (Lipinski definition) is 1. The van der Waals surface area contributed by atoms with Gasteiger partial charge in [-0.3, -0.25) is 14.0 Å². The minimum atomic E-state index is -0.369. The average Bonchev–Trinajstić information content (AvgIpc) is 3.41. The third kappa shape index (κ3) is 4.50. The van der Waals surface area contributed by atoms with Gasteiger partial charge in [0.15, 0.2) is 4.96 Å². The molecule has 2 aromatic carbocycles. The predicted molar refractivity (Wildman–Crippen MR) is 133 cm³/mol. The van der Waals surface area contributed by atoms with Gasteiger partial charge in [-0.15, -0.1) is 11.3 Å². The summed E-state index contributed by atoms with van der Waals surface area (Å²) < 4.78 is 16.8. The molecule has 176 valence electrons. The number of aromatic nitrogens is 4. The Bertz CT molecular complexity index is 1600. The fraction of sp³-hybridized carbons (Fsp3) is 0.154. The second kappa shape index (κ2) is 9.27. The number of benzene rings is 2. The summed E-state index contributed by atoms with van der Waals surface area (Å²) in [6.07, 6.45) is 0.0493. The van der Waals surface area contributed by atoms with Crippen molar-refractivity contribution in [3.8, 4) is 16.9 Å². The number of amides is 1. The van der Waals surface area contributed by atoms with E-state index in [9.17, 15) is 14.0 Å². The Balaban J connectivity index is 1.48. The lowest BCUT2D eigenvalue weighted by atomic mass is 10.1. The summed E-state index contributed by atoms with van der Waals surface area (Å²) in [4.78, 5) is 31.3. The van der Waals surface area contributed by atoms with E-state index in [0.29, 0.717) is 39.8 Å². The van der Waals surface area contributed by atoms with E-state index in [1.54, 1.807) is 35.2 Å². The molecule has 0 atom stereocenters. The molecule has 7 nitrogen and oxygen atoms in total. The molecule has 0 fully saturated rings. The van der Waals surface area contributed by atoms with E-state index in [1.165, 1.54) is 27.9 Å². The molecular weight excluding hydrogens is 465 g/mol. The first-order chi connectivity index (χ1) is 16.9. The van der Waals surface area contributed by atoms with Gasteiger partial charge in [-0.1, -0.05) is 36.4 Å². The summed E-state index contributed by atoms with van der Waals surface area (Å²) in [6, 6.07) is 17.5. The van der Waals surface area contributed by atoms with E-state index < -0.39 is 0 Å². The van der Waals surface area contributed by atoms with E-state index in [-0.39, 0.29) is 23.7 Å². The van der Waals surface area contributed by atoms with Crippen LogP contribution in [0.5, 0.6) is 0 Å². The van der Waals surface area contributed by atoms with Crippen molar-refractivity contribution in [2.24, 2.45) is 0 Å². The Morgan fingerprint density at radius 1 is 1.09 bits per heavy atom. The van der Waals surface area contributed by atoms with Crippen molar-refractivity contribution in [1.82, 2.24) is 24.5 Å². The number of nitrogens with one attached hydrogen (secondary N) is 1. The second-order valence-corrected chi connectivity index (χ2v) is 9.06. The highest BCUT2D eigenvalue weighted by atomic mass is 32.1. The molecule has 0 aliphatic carbocycles. The van der Waals surface area contributed by atoms with Gasteiger partial charge in [0.1, 0.15) is 11.5 Å². The first-order valence-corrected chi connectivity index (χ1v) is 11.9. The van der Waals surface area contributed by atoms with Crippen molar-refractivity contribution in [1.29, 1.82) is 0 Å². The van der Waals surface area contributed by atoms with Gasteiger partial charge in [-0.05, 0) is 43.7 Å². The first-order valence-electron chi connectivity index (χ1n) is 11.0. The molecule has 0 aliphatic rings. The van der Waals surface area contributed by atoms with Crippen LogP contribution in [0.2, 0.25) is 0 Å². The van der Waals surface area contributed by atoms with Gasteiger partial charge in [0.05, 0.1) is 23.4 Å². The standard InChI is InChI=1S/C26H22FN5O2S/c1-16-11-22(30-32(16)20-10-6-9-19(27)12-20)24-17(2)29-26-31(25(24)34)21(15-35-26)13-23(33)28-14-18-7-4-3-5-8-18/h3-12,15H,13-14H2,1-2H3,(H,28,33). The average molecular weight is 488 g/mol. The topological polar surface area (TPSA) is 81.3 Å². The van der Waals surface area contributed by atoms with Gasteiger partial charge in [0.2, 0.25) is 5.91 Å². The summed E-state index contributed by atoms with van der Waals surface area (Å²) in [5, 5.41) is 9.26. The Morgan fingerprint density at radius 3 is 2.66 bits per heavy atom. The molecule has 5 aromatic rings. The number of rotatable bonds is 6. The minimum Gasteiger partial charge on any atom is -0.352 e. The molecule has 0 aliphatic heterocycles. The molecule has 9 heteroatoms. The number of hydrogen-bond acceptors (Lipinski definition) is 5. The maximum atomic E-state index is 13.7. The fourth-order valence-electron chi connectivity index (χ4n) is 4.01. The van der Waals surface area contributed by atoms with E-state index in [0.717, 1.165) is 11.3 Å². The van der Waals surface area contributed by atoms with Crippen LogP contribution in [-0.4, -0.2) is 25.1 Å². The van der Waals surface area contributed by atoms with Crippen LogP contribution in [0.3, 0.4) is 0 Å². The van der Waals surface area contributed by atoms with Crippen molar-refractivity contribution in [3.63, 3.8) is 0 Å². The van der Waals surface area contributed by atoms with Gasteiger partial charge in [0, 0.05) is 23.3 Å². The second-order valence-electron chi connectivity index (χ2n) is 8.22. The lowest BCUT2D eigenvalue weighted by Gasteiger charge is -2.07. The lowest BCUT2D eigenvalue weighted by Crippen LogP contribution is -2.27. The van der Waals surface area contributed by atoms with Crippen LogP contribution in [0.1, 0.15) is 22.6 Å². The zero-order valence-electron chi connectivity index (χ0n) is 19.2. The van der Waals surface area contributed by atoms with E-state index in [2.05, 4.69) is 15.4 Å². The van der Waals surface area contributed by atoms with Gasteiger partial charge in [-0.25, -0.2) is 14.1 Å². The summed E-state index contributed by atoms with van der Waals surface area (Å²) in [6.45, 7) is 4.02. The molecular formula is C26H22FN5O2S. The number of aryl methyl sites for hydroxylation is 2. The molecule has 0 bridgehead atoms. The zero-order valence-corrected chi connectivity index (χ0v) is 20.0. The molecule has 1 N–H and O–H groups in total. The van der Waals surface area contributed by atoms with Gasteiger partial charge < -0.3 is 5.32 Å². The molecule has 3 aromatic heterocycles. The van der Waals surface area contributed by atoms with Gasteiger partial charge in [0.25, 0.3) is 5.56 Å². The van der Waals surface area contributed by atoms with E-state index >= 15 is 0 Å². The van der Waals surface area contributed by atoms with Crippen LogP contribution < -0.4 is 10.9 Å². The largest absolute Gasteiger partial charge is 0.352 e. The quantitative estimate of drug-likeness (QED) is 0.389. The number of halogens is 1. The predicted octanol–water partition coefficient (Wildman–Crippen LogP) is 4.22. The molecule has 0 unspecified atom stereocenters. The number of fused-ring (bicyclic) bond motifs is 1. The van der Waals surface area contributed by atoms with Crippen molar-refractivity contribution in [2.75, 3.05) is 0 Å². The van der Waals surface area contributed by atoms with Crippen LogP contribution in [0.4, 0.5) is 4.39 Å². The molecule has 35 heavy (non-hydrogen) atoms. The smallest absolute Gasteiger partial charge is 0.268 e. The third-order valence-corrected chi connectivity index (χ3v) is 6.57. The van der Waals surface area contributed by atoms with Crippen LogP contribution in [0.25, 0.3) is 21.9 Å². The molecule has 1 amide bonds. The maximum absolute atomic E-state index is 13.7. The highest BCUT2D eigenvalue weighted by Gasteiger charge is 2.20. The number of carbonyl (C=O) groups excluding carboxylic acids is 1. The SMILES string of the molecule is Cc1nc2scc(CC(=O)NCc3ccccc3)n2c(=O)c1-c1cc(C)n(-c2cccc(F)c2)n1. The molecule has 0 saturated heterocycles. The highest BCUT2D eigenvalue weighted by molar-refractivity contribution is 7.15. The monoisotopic (exact) mass is 487 g/mol. The van der Waals surface area contributed by atoms with Crippen molar-refractivity contribution < 1.29 is 9.18 Å². The van der Waals surface area contributed by atoms with Gasteiger partial charge >= 0.3 is 0 Å². The van der Waals surface area contributed by atoms with Crippen LogP contribution >= 0.6 is 11.3 Å². The Morgan fingerprint density at radius 2 is 1.89 bits per heavy atom. The Kier molecular flexibility index (Phi) is 6.00. The Labute approximate surface area is 204 Å². The lowest BCUT2D eigenvalue weighted by molar-refractivity contribution is -0.120. The fourth-order valence-corrected chi connectivity index (χ4v) is 4.94. The maximum Gasteiger partial charge on any atom is 0.268 e.